The number of fused-ring (bicyclic) bond motifs is 1. The van der Waals surface area contributed by atoms with E-state index in [1.165, 1.54) is 5.56 Å². The number of hydrogen-bond donors (Lipinski definition) is 1. The second kappa shape index (κ2) is 5.74. The van der Waals surface area contributed by atoms with Crippen molar-refractivity contribution in [2.45, 2.75) is 56.6 Å². The second-order valence-electron chi connectivity index (χ2n) is 5.78. The number of anilines is 1. The van der Waals surface area contributed by atoms with E-state index in [1.807, 2.05) is 12.1 Å². The van der Waals surface area contributed by atoms with Gasteiger partial charge in [-0.15, -0.1) is 11.6 Å². The number of halogens is 1. The van der Waals surface area contributed by atoms with E-state index in [9.17, 15) is 4.79 Å². The van der Waals surface area contributed by atoms with Crippen LogP contribution in [0.1, 0.15) is 49.1 Å². The molecule has 0 radical (unpaired) electrons. The van der Waals surface area contributed by atoms with Crippen LogP contribution in [0.15, 0.2) is 18.2 Å². The SMILES string of the molecule is CC1CCC(C(Cl)c2ccc3c(c2)CCCC(=O)N3)O1. The highest BCUT2D eigenvalue weighted by atomic mass is 35.5. The van der Waals surface area contributed by atoms with Crippen LogP contribution in [0.4, 0.5) is 5.69 Å². The van der Waals surface area contributed by atoms with E-state index >= 15 is 0 Å². The predicted octanol–water partition coefficient (Wildman–Crippen LogP) is 3.81. The van der Waals surface area contributed by atoms with Crippen LogP contribution in [0.3, 0.4) is 0 Å². The summed E-state index contributed by atoms with van der Waals surface area (Å²) < 4.78 is 5.86. The van der Waals surface area contributed by atoms with Crippen LogP contribution in [-0.4, -0.2) is 18.1 Å². The summed E-state index contributed by atoms with van der Waals surface area (Å²) in [6.07, 6.45) is 4.92. The summed E-state index contributed by atoms with van der Waals surface area (Å²) in [5.74, 6) is 0.104. The van der Waals surface area contributed by atoms with Crippen molar-refractivity contribution in [3.05, 3.63) is 29.3 Å². The molecule has 2 aliphatic heterocycles. The normalized spacial score (nSPS) is 27.6. The molecule has 0 spiro atoms. The lowest BCUT2D eigenvalue weighted by Gasteiger charge is -2.19. The summed E-state index contributed by atoms with van der Waals surface area (Å²) >= 11 is 6.58. The average molecular weight is 294 g/mol. The number of hydrogen-bond acceptors (Lipinski definition) is 2. The molecule has 1 aromatic rings. The van der Waals surface area contributed by atoms with Gasteiger partial charge in [0.2, 0.25) is 5.91 Å². The molecule has 0 aromatic heterocycles. The lowest BCUT2D eigenvalue weighted by Crippen LogP contribution is -2.15. The van der Waals surface area contributed by atoms with Gasteiger partial charge in [-0.05, 0) is 49.8 Å². The molecular weight excluding hydrogens is 274 g/mol. The zero-order valence-electron chi connectivity index (χ0n) is 11.7. The van der Waals surface area contributed by atoms with Crippen LogP contribution < -0.4 is 5.32 Å². The molecule has 2 aliphatic rings. The van der Waals surface area contributed by atoms with Crippen LogP contribution in [0.2, 0.25) is 0 Å². The van der Waals surface area contributed by atoms with Gasteiger partial charge in [-0.2, -0.15) is 0 Å². The van der Waals surface area contributed by atoms with Gasteiger partial charge in [0.05, 0.1) is 17.6 Å². The number of alkyl halides is 1. The Labute approximate surface area is 124 Å². The fraction of sp³-hybridized carbons (Fsp3) is 0.562. The Kier molecular flexibility index (Phi) is 3.99. The Morgan fingerprint density at radius 3 is 2.95 bits per heavy atom. The van der Waals surface area contributed by atoms with E-state index in [4.69, 9.17) is 16.3 Å². The van der Waals surface area contributed by atoms with Crippen molar-refractivity contribution < 1.29 is 9.53 Å². The predicted molar refractivity (Wildman–Crippen MR) is 80.2 cm³/mol. The molecule has 0 bridgehead atoms. The van der Waals surface area contributed by atoms with Crippen molar-refractivity contribution in [3.63, 3.8) is 0 Å². The summed E-state index contributed by atoms with van der Waals surface area (Å²) in [5, 5.41) is 2.84. The standard InChI is InChI=1S/C16H20ClNO2/c1-10-5-8-14(20-10)16(17)12-6-7-13-11(9-12)3-2-4-15(19)18-13/h6-7,9-10,14,16H,2-5,8H2,1H3,(H,18,19). The van der Waals surface area contributed by atoms with E-state index in [2.05, 4.69) is 18.3 Å². The van der Waals surface area contributed by atoms with Crippen LogP contribution >= 0.6 is 11.6 Å². The molecule has 4 heteroatoms. The Morgan fingerprint density at radius 1 is 1.35 bits per heavy atom. The number of amides is 1. The Hall–Kier alpha value is -1.06. The van der Waals surface area contributed by atoms with Gasteiger partial charge in [-0.1, -0.05) is 12.1 Å². The lowest BCUT2D eigenvalue weighted by molar-refractivity contribution is -0.116. The molecule has 3 atom stereocenters. The monoisotopic (exact) mass is 293 g/mol. The molecule has 3 nitrogen and oxygen atoms in total. The van der Waals surface area contributed by atoms with E-state index in [1.54, 1.807) is 0 Å². The number of aryl methyl sites for hydroxylation is 1. The van der Waals surface area contributed by atoms with Crippen LogP contribution in [0.5, 0.6) is 0 Å². The van der Waals surface area contributed by atoms with Gasteiger partial charge in [-0.25, -0.2) is 0 Å². The molecule has 2 heterocycles. The summed E-state index contributed by atoms with van der Waals surface area (Å²) in [6.45, 7) is 2.09. The van der Waals surface area contributed by atoms with Gasteiger partial charge in [0.1, 0.15) is 0 Å². The maximum absolute atomic E-state index is 11.6. The Balaban J connectivity index is 1.81. The third-order valence-corrected chi connectivity index (χ3v) is 4.70. The van der Waals surface area contributed by atoms with Gasteiger partial charge in [0.25, 0.3) is 0 Å². The molecule has 0 aliphatic carbocycles. The minimum absolute atomic E-state index is 0.102. The van der Waals surface area contributed by atoms with E-state index in [0.717, 1.165) is 36.9 Å². The minimum Gasteiger partial charge on any atom is -0.373 e. The maximum Gasteiger partial charge on any atom is 0.224 e. The summed E-state index contributed by atoms with van der Waals surface area (Å²) in [4.78, 5) is 11.6. The van der Waals surface area contributed by atoms with Gasteiger partial charge < -0.3 is 10.1 Å². The first-order chi connectivity index (χ1) is 9.63. The minimum atomic E-state index is -0.107. The number of ether oxygens (including phenoxy) is 1. The number of carbonyl (C=O) groups excluding carboxylic acids is 1. The molecule has 1 fully saturated rings. The van der Waals surface area contributed by atoms with Crippen molar-refractivity contribution in [2.24, 2.45) is 0 Å². The van der Waals surface area contributed by atoms with Gasteiger partial charge in [0.15, 0.2) is 0 Å². The van der Waals surface area contributed by atoms with Crippen molar-refractivity contribution in [3.8, 4) is 0 Å². The first-order valence-electron chi connectivity index (χ1n) is 7.35. The molecule has 1 amide bonds. The molecule has 3 unspecified atom stereocenters. The second-order valence-corrected chi connectivity index (χ2v) is 6.25. The molecule has 1 N–H and O–H groups in total. The molecule has 0 saturated carbocycles. The van der Waals surface area contributed by atoms with Crippen LogP contribution in [0.25, 0.3) is 0 Å². The van der Waals surface area contributed by atoms with Gasteiger partial charge in [0, 0.05) is 12.1 Å². The fourth-order valence-electron chi connectivity index (χ4n) is 3.03. The summed E-state index contributed by atoms with van der Waals surface area (Å²) in [6, 6.07) is 6.11. The van der Waals surface area contributed by atoms with Crippen molar-refractivity contribution in [1.29, 1.82) is 0 Å². The largest absolute Gasteiger partial charge is 0.373 e. The number of carbonyl (C=O) groups is 1. The highest BCUT2D eigenvalue weighted by molar-refractivity contribution is 6.21. The third kappa shape index (κ3) is 2.84. The quantitative estimate of drug-likeness (QED) is 0.842. The van der Waals surface area contributed by atoms with Crippen LogP contribution in [0, 0.1) is 0 Å². The Bertz CT molecular complexity index is 517. The molecule has 20 heavy (non-hydrogen) atoms. The van der Waals surface area contributed by atoms with E-state index in [0.29, 0.717) is 12.5 Å². The summed E-state index contributed by atoms with van der Waals surface area (Å²) in [7, 11) is 0. The first kappa shape index (κ1) is 13.9. The van der Waals surface area contributed by atoms with Gasteiger partial charge >= 0.3 is 0 Å². The number of nitrogens with one attached hydrogen (secondary N) is 1. The van der Waals surface area contributed by atoms with Crippen molar-refractivity contribution >= 4 is 23.2 Å². The van der Waals surface area contributed by atoms with Crippen molar-refractivity contribution in [2.75, 3.05) is 5.32 Å². The number of benzene rings is 1. The van der Waals surface area contributed by atoms with Gasteiger partial charge in [-0.3, -0.25) is 4.79 Å². The maximum atomic E-state index is 11.6. The zero-order valence-corrected chi connectivity index (χ0v) is 12.5. The molecular formula is C16H20ClNO2. The topological polar surface area (TPSA) is 38.3 Å². The summed E-state index contributed by atoms with van der Waals surface area (Å²) in [5.41, 5.74) is 3.21. The first-order valence-corrected chi connectivity index (χ1v) is 7.79. The Morgan fingerprint density at radius 2 is 2.20 bits per heavy atom. The van der Waals surface area contributed by atoms with Crippen molar-refractivity contribution in [1.82, 2.24) is 0 Å². The molecule has 1 aromatic carbocycles. The molecule has 1 saturated heterocycles. The highest BCUT2D eigenvalue weighted by Gasteiger charge is 2.29. The van der Waals surface area contributed by atoms with E-state index < -0.39 is 0 Å². The molecule has 108 valence electrons. The zero-order chi connectivity index (χ0) is 14.1. The highest BCUT2D eigenvalue weighted by Crippen LogP contribution is 2.36. The fourth-order valence-corrected chi connectivity index (χ4v) is 3.35. The average Bonchev–Trinajstić information content (AvgIpc) is 2.77. The number of rotatable bonds is 2. The lowest BCUT2D eigenvalue weighted by atomic mass is 9.99. The van der Waals surface area contributed by atoms with E-state index in [-0.39, 0.29) is 17.4 Å². The van der Waals surface area contributed by atoms with Crippen LogP contribution in [-0.2, 0) is 16.0 Å². The molecule has 3 rings (SSSR count). The third-order valence-electron chi connectivity index (χ3n) is 4.16. The smallest absolute Gasteiger partial charge is 0.224 e.